The van der Waals surface area contributed by atoms with Crippen molar-refractivity contribution in [2.45, 2.75) is 23.3 Å². The molecule has 0 saturated heterocycles. The molecule has 3 aromatic rings. The van der Waals surface area contributed by atoms with E-state index in [4.69, 9.17) is 9.84 Å². The van der Waals surface area contributed by atoms with Crippen molar-refractivity contribution < 1.29 is 28.0 Å². The summed E-state index contributed by atoms with van der Waals surface area (Å²) < 4.78 is 33.8. The summed E-state index contributed by atoms with van der Waals surface area (Å²) in [4.78, 5) is 22.2. The summed E-state index contributed by atoms with van der Waals surface area (Å²) in [7, 11) is -2.55. The van der Waals surface area contributed by atoms with Crippen LogP contribution in [-0.4, -0.2) is 31.5 Å². The van der Waals surface area contributed by atoms with Crippen LogP contribution in [0.15, 0.2) is 77.7 Å². The number of hydrogen-bond donors (Lipinski definition) is 3. The third-order valence-electron chi connectivity index (χ3n) is 6.79. The van der Waals surface area contributed by atoms with E-state index in [9.17, 15) is 23.3 Å². The molecule has 3 aromatic carbocycles. The van der Waals surface area contributed by atoms with Gasteiger partial charge in [0.2, 0.25) is 0 Å². The molecule has 0 fully saturated rings. The van der Waals surface area contributed by atoms with Crippen molar-refractivity contribution >= 4 is 33.1 Å². The Labute approximate surface area is 212 Å². The van der Waals surface area contributed by atoms with Gasteiger partial charge in [-0.25, -0.2) is 13.2 Å². The van der Waals surface area contributed by atoms with Crippen molar-refractivity contribution in [2.75, 3.05) is 17.1 Å². The van der Waals surface area contributed by atoms with Gasteiger partial charge in [-0.1, -0.05) is 18.2 Å². The molecule has 0 saturated carbocycles. The first-order valence-corrected chi connectivity index (χ1v) is 12.9. The number of carbonyl (C=O) groups is 1. The lowest BCUT2D eigenvalue weighted by molar-refractivity contribution is -0.385. The summed E-state index contributed by atoms with van der Waals surface area (Å²) in [5.74, 6) is -0.952. The van der Waals surface area contributed by atoms with Gasteiger partial charge in [-0.2, -0.15) is 0 Å². The van der Waals surface area contributed by atoms with Gasteiger partial charge in [-0.3, -0.25) is 14.8 Å². The summed E-state index contributed by atoms with van der Waals surface area (Å²) in [6.45, 7) is 0. The first-order chi connectivity index (χ1) is 17.7. The predicted molar refractivity (Wildman–Crippen MR) is 137 cm³/mol. The SMILES string of the molecule is COc1ccc([C@@H]2Nc3ccc(S(=O)(=O)Nc4ccc(C(=O)O)cc4)cc3[C@@H]3C=CC[C@@H]32)cc1[N+](=O)[O-]. The van der Waals surface area contributed by atoms with Crippen LogP contribution in [0.5, 0.6) is 5.75 Å². The van der Waals surface area contributed by atoms with Gasteiger partial charge in [0.05, 0.1) is 28.5 Å². The van der Waals surface area contributed by atoms with Crippen molar-refractivity contribution in [3.63, 3.8) is 0 Å². The van der Waals surface area contributed by atoms with Crippen LogP contribution in [0.2, 0.25) is 0 Å². The Hall–Kier alpha value is -4.38. The van der Waals surface area contributed by atoms with Crippen molar-refractivity contribution in [3.8, 4) is 5.75 Å². The maximum absolute atomic E-state index is 13.1. The van der Waals surface area contributed by atoms with Crippen molar-refractivity contribution in [2.24, 2.45) is 5.92 Å². The van der Waals surface area contributed by atoms with E-state index in [0.717, 1.165) is 23.2 Å². The lowest BCUT2D eigenvalue weighted by Crippen LogP contribution is -2.29. The summed E-state index contributed by atoms with van der Waals surface area (Å²) in [5.41, 5.74) is 2.52. The number of fused-ring (bicyclic) bond motifs is 3. The quantitative estimate of drug-likeness (QED) is 0.225. The number of aromatic carboxylic acids is 1. The van der Waals surface area contributed by atoms with Crippen molar-refractivity contribution in [1.29, 1.82) is 0 Å². The largest absolute Gasteiger partial charge is 0.490 e. The third-order valence-corrected chi connectivity index (χ3v) is 8.17. The molecular weight excluding hydrogens is 498 g/mol. The highest BCUT2D eigenvalue weighted by atomic mass is 32.2. The van der Waals surface area contributed by atoms with Crippen LogP contribution in [0.4, 0.5) is 17.1 Å². The highest BCUT2D eigenvalue weighted by molar-refractivity contribution is 7.92. The number of nitrogens with zero attached hydrogens (tertiary/aromatic N) is 1. The van der Waals surface area contributed by atoms with E-state index in [0.29, 0.717) is 0 Å². The van der Waals surface area contributed by atoms with Crippen LogP contribution in [-0.2, 0) is 10.0 Å². The van der Waals surface area contributed by atoms with Gasteiger partial charge < -0.3 is 15.2 Å². The smallest absolute Gasteiger partial charge is 0.335 e. The summed E-state index contributed by atoms with van der Waals surface area (Å²) in [6.07, 6.45) is 4.82. The van der Waals surface area contributed by atoms with Gasteiger partial charge in [0, 0.05) is 23.4 Å². The van der Waals surface area contributed by atoms with Gasteiger partial charge in [0.25, 0.3) is 10.0 Å². The number of methoxy groups -OCH3 is 1. The van der Waals surface area contributed by atoms with E-state index >= 15 is 0 Å². The zero-order valence-corrected chi connectivity index (χ0v) is 20.4. The minimum Gasteiger partial charge on any atom is -0.490 e. The van der Waals surface area contributed by atoms with E-state index in [-0.39, 0.29) is 45.5 Å². The zero-order valence-electron chi connectivity index (χ0n) is 19.6. The van der Waals surface area contributed by atoms with Gasteiger partial charge in [-0.05, 0) is 72.0 Å². The second-order valence-corrected chi connectivity index (χ2v) is 10.6. The fraction of sp³-hybridized carbons (Fsp3) is 0.192. The van der Waals surface area contributed by atoms with Crippen molar-refractivity contribution in [3.05, 3.63) is 99.6 Å². The van der Waals surface area contributed by atoms with Crippen molar-refractivity contribution in [1.82, 2.24) is 0 Å². The second kappa shape index (κ2) is 9.25. The molecule has 1 aliphatic carbocycles. The molecule has 37 heavy (non-hydrogen) atoms. The molecule has 2 aliphatic rings. The number of rotatable bonds is 7. The second-order valence-electron chi connectivity index (χ2n) is 8.90. The number of benzene rings is 3. The monoisotopic (exact) mass is 521 g/mol. The minimum absolute atomic E-state index is 0.0370. The summed E-state index contributed by atoms with van der Waals surface area (Å²) >= 11 is 0. The lowest BCUT2D eigenvalue weighted by Gasteiger charge is -2.37. The van der Waals surface area contributed by atoms with Gasteiger partial charge in [0.1, 0.15) is 0 Å². The molecule has 10 nitrogen and oxygen atoms in total. The van der Waals surface area contributed by atoms with Crippen LogP contribution in [0.1, 0.15) is 39.9 Å². The van der Waals surface area contributed by atoms with Crippen LogP contribution in [0.3, 0.4) is 0 Å². The topological polar surface area (TPSA) is 148 Å². The maximum atomic E-state index is 13.1. The number of sulfonamides is 1. The number of ether oxygens (including phenoxy) is 1. The molecule has 190 valence electrons. The van der Waals surface area contributed by atoms with Crippen LogP contribution in [0, 0.1) is 16.0 Å². The molecule has 3 atom stereocenters. The van der Waals surface area contributed by atoms with Gasteiger partial charge >= 0.3 is 11.7 Å². The number of nitro benzene ring substituents is 1. The third kappa shape index (κ3) is 4.49. The Morgan fingerprint density at radius 2 is 1.89 bits per heavy atom. The average molecular weight is 522 g/mol. The van der Waals surface area contributed by atoms with E-state index in [2.05, 4.69) is 10.0 Å². The normalized spacial score (nSPS) is 19.9. The number of carboxylic acids is 1. The fourth-order valence-corrected chi connectivity index (χ4v) is 6.10. The zero-order chi connectivity index (χ0) is 26.3. The highest BCUT2D eigenvalue weighted by Gasteiger charge is 2.39. The van der Waals surface area contributed by atoms with Crippen LogP contribution < -0.4 is 14.8 Å². The number of nitro groups is 1. The number of hydrogen-bond acceptors (Lipinski definition) is 7. The van der Waals surface area contributed by atoms with E-state index in [1.807, 2.05) is 18.2 Å². The predicted octanol–water partition coefficient (Wildman–Crippen LogP) is 4.93. The molecule has 0 bridgehead atoms. The fourth-order valence-electron chi connectivity index (χ4n) is 5.01. The molecule has 0 amide bonds. The Balaban J connectivity index is 1.46. The molecule has 0 spiro atoms. The number of carboxylic acid groups (broad SMARTS) is 1. The first-order valence-electron chi connectivity index (χ1n) is 11.4. The van der Waals surface area contributed by atoms with Gasteiger partial charge in [-0.15, -0.1) is 0 Å². The molecular formula is C26H23N3O7S. The van der Waals surface area contributed by atoms with E-state index in [1.54, 1.807) is 18.2 Å². The summed E-state index contributed by atoms with van der Waals surface area (Å²) in [5, 5.41) is 24.1. The van der Waals surface area contributed by atoms with Crippen LogP contribution >= 0.6 is 0 Å². The Morgan fingerprint density at radius 3 is 2.57 bits per heavy atom. The maximum Gasteiger partial charge on any atom is 0.335 e. The lowest BCUT2D eigenvalue weighted by atomic mass is 9.77. The molecule has 11 heteroatoms. The number of allylic oxidation sites excluding steroid dienone is 2. The Kier molecular flexibility index (Phi) is 6.08. The number of nitrogens with one attached hydrogen (secondary N) is 2. The highest BCUT2D eigenvalue weighted by Crippen LogP contribution is 2.51. The minimum atomic E-state index is -3.94. The molecule has 1 heterocycles. The van der Waals surface area contributed by atoms with Crippen LogP contribution in [0.25, 0.3) is 0 Å². The first kappa shape index (κ1) is 24.3. The Morgan fingerprint density at radius 1 is 1.14 bits per heavy atom. The standard InChI is InChI=1S/C26H23N3O7S/c1-36-24-12-7-16(13-23(24)29(32)33)25-20-4-2-3-19(20)21-14-18(10-11-22(21)27-25)37(34,35)28-17-8-5-15(6-9-17)26(30)31/h2-3,5-14,19-20,25,27-28H,4H2,1H3,(H,30,31)/t19-,20+,25+/m1/s1. The molecule has 0 radical (unpaired) electrons. The van der Waals surface area contributed by atoms with Gasteiger partial charge in [0.15, 0.2) is 5.75 Å². The molecule has 1 aliphatic heterocycles. The summed E-state index contributed by atoms with van der Waals surface area (Å²) in [6, 6.07) is 15.0. The average Bonchev–Trinajstić information content (AvgIpc) is 3.38. The number of anilines is 2. The molecule has 3 N–H and O–H groups in total. The molecule has 0 unspecified atom stereocenters. The van der Waals surface area contributed by atoms with E-state index < -0.39 is 20.9 Å². The Bertz CT molecular complexity index is 1530. The molecule has 0 aromatic heterocycles. The van der Waals surface area contributed by atoms with E-state index in [1.165, 1.54) is 43.5 Å². The molecule has 5 rings (SSSR count).